The first-order chi connectivity index (χ1) is 16.4. The molecule has 0 fully saturated rings. The van der Waals surface area contributed by atoms with Crippen molar-refractivity contribution in [3.63, 3.8) is 0 Å². The highest BCUT2D eigenvalue weighted by atomic mass is 35.5. The van der Waals surface area contributed by atoms with Crippen molar-refractivity contribution in [3.05, 3.63) is 86.9 Å². The third kappa shape index (κ3) is 3.99. The van der Waals surface area contributed by atoms with Crippen molar-refractivity contribution in [1.29, 1.82) is 0 Å². The van der Waals surface area contributed by atoms with E-state index in [-0.39, 0.29) is 12.3 Å². The zero-order valence-corrected chi connectivity index (χ0v) is 19.5. The Morgan fingerprint density at radius 1 is 1.12 bits per heavy atom. The number of amides is 1. The number of fused-ring (bicyclic) bond motifs is 2. The Bertz CT molecular complexity index is 1560. The second-order valence-corrected chi connectivity index (χ2v) is 8.69. The molecular formula is C26H22ClN3O4. The summed E-state index contributed by atoms with van der Waals surface area (Å²) in [4.78, 5) is 32.3. The minimum atomic E-state index is -0.513. The highest BCUT2D eigenvalue weighted by Crippen LogP contribution is 2.37. The Kier molecular flexibility index (Phi) is 5.71. The van der Waals surface area contributed by atoms with Gasteiger partial charge in [-0.05, 0) is 43.2 Å². The van der Waals surface area contributed by atoms with Gasteiger partial charge >= 0.3 is 5.63 Å². The van der Waals surface area contributed by atoms with Gasteiger partial charge in [0, 0.05) is 51.8 Å². The Balaban J connectivity index is 1.50. The number of aromatic nitrogens is 2. The van der Waals surface area contributed by atoms with Gasteiger partial charge in [0.05, 0.1) is 24.6 Å². The lowest BCUT2D eigenvalue weighted by Crippen LogP contribution is -2.29. The predicted octanol–water partition coefficient (Wildman–Crippen LogP) is 5.10. The van der Waals surface area contributed by atoms with Crippen molar-refractivity contribution in [2.45, 2.75) is 26.7 Å². The van der Waals surface area contributed by atoms with Crippen LogP contribution in [0.1, 0.15) is 22.4 Å². The summed E-state index contributed by atoms with van der Waals surface area (Å²) in [7, 11) is 0. The summed E-state index contributed by atoms with van der Waals surface area (Å²) in [6.45, 7) is 4.15. The molecule has 0 saturated heterocycles. The van der Waals surface area contributed by atoms with Crippen LogP contribution in [-0.2, 0) is 17.6 Å². The van der Waals surface area contributed by atoms with Gasteiger partial charge in [-0.15, -0.1) is 0 Å². The summed E-state index contributed by atoms with van der Waals surface area (Å²) in [5.41, 5.74) is 5.24. The maximum atomic E-state index is 12.8. The quantitative estimate of drug-likeness (QED) is 0.333. The van der Waals surface area contributed by atoms with Crippen LogP contribution in [0.5, 0.6) is 0 Å². The van der Waals surface area contributed by atoms with Gasteiger partial charge in [0.2, 0.25) is 5.91 Å². The Labute approximate surface area is 199 Å². The van der Waals surface area contributed by atoms with Crippen LogP contribution in [-0.4, -0.2) is 22.4 Å². The lowest BCUT2D eigenvalue weighted by Gasteiger charge is -2.10. The normalized spacial score (nSPS) is 11.4. The van der Waals surface area contributed by atoms with Crippen LogP contribution >= 0.6 is 11.6 Å². The molecule has 3 heterocycles. The minimum Gasteiger partial charge on any atom is -0.463 e. The molecule has 0 unspecified atom stereocenters. The number of furan rings is 1. The lowest BCUT2D eigenvalue weighted by molar-refractivity contribution is -0.120. The maximum absolute atomic E-state index is 12.8. The van der Waals surface area contributed by atoms with Crippen LogP contribution in [0.25, 0.3) is 33.1 Å². The molecule has 0 spiro atoms. The standard InChI is InChI=1S/C26H22ClN3O4/c1-14-19-9-21-22(16-3-5-17(27)6-4-16)12-33-24(21)15(2)25(19)34-26(32)20(14)10-23(31)29-8-7-18-11-28-13-30-18/h3-6,9,11-13H,7-8,10H2,1-2H3,(H,28,30)(H,29,31). The van der Waals surface area contributed by atoms with Gasteiger partial charge < -0.3 is 19.1 Å². The number of hydrogen-bond acceptors (Lipinski definition) is 5. The predicted molar refractivity (Wildman–Crippen MR) is 131 cm³/mol. The molecule has 2 aromatic carbocycles. The smallest absolute Gasteiger partial charge is 0.340 e. The number of aromatic amines is 1. The van der Waals surface area contributed by atoms with E-state index in [2.05, 4.69) is 15.3 Å². The molecule has 0 aliphatic heterocycles. The Hall–Kier alpha value is -3.84. The van der Waals surface area contributed by atoms with E-state index >= 15 is 0 Å². The molecule has 0 radical (unpaired) electrons. The van der Waals surface area contributed by atoms with E-state index in [1.54, 1.807) is 18.8 Å². The van der Waals surface area contributed by atoms with E-state index in [0.29, 0.717) is 34.7 Å². The number of nitrogens with one attached hydrogen (secondary N) is 2. The van der Waals surface area contributed by atoms with E-state index in [4.69, 9.17) is 20.4 Å². The fourth-order valence-electron chi connectivity index (χ4n) is 4.23. The average Bonchev–Trinajstić information content (AvgIpc) is 3.49. The molecule has 1 amide bonds. The van der Waals surface area contributed by atoms with Crippen molar-refractivity contribution in [1.82, 2.24) is 15.3 Å². The highest BCUT2D eigenvalue weighted by molar-refractivity contribution is 6.30. The number of carbonyl (C=O) groups is 1. The number of imidazole rings is 1. The fraction of sp³-hybridized carbons (Fsp3) is 0.192. The first kappa shape index (κ1) is 22.0. The molecule has 5 aromatic rings. The number of aryl methyl sites for hydroxylation is 2. The molecule has 34 heavy (non-hydrogen) atoms. The summed E-state index contributed by atoms with van der Waals surface area (Å²) >= 11 is 6.04. The summed E-state index contributed by atoms with van der Waals surface area (Å²) < 4.78 is 11.5. The third-order valence-corrected chi connectivity index (χ3v) is 6.36. The van der Waals surface area contributed by atoms with Crippen LogP contribution in [0.3, 0.4) is 0 Å². The van der Waals surface area contributed by atoms with Crippen molar-refractivity contribution in [2.24, 2.45) is 0 Å². The molecule has 0 aliphatic rings. The first-order valence-corrected chi connectivity index (χ1v) is 11.3. The number of carbonyl (C=O) groups excluding carboxylic acids is 1. The second-order valence-electron chi connectivity index (χ2n) is 8.26. The molecule has 0 atom stereocenters. The number of rotatable bonds is 6. The largest absolute Gasteiger partial charge is 0.463 e. The van der Waals surface area contributed by atoms with Gasteiger partial charge in [0.25, 0.3) is 0 Å². The first-order valence-electron chi connectivity index (χ1n) is 10.9. The van der Waals surface area contributed by atoms with Gasteiger partial charge in [-0.3, -0.25) is 4.79 Å². The summed E-state index contributed by atoms with van der Waals surface area (Å²) in [5, 5.41) is 5.19. The van der Waals surface area contributed by atoms with Crippen LogP contribution in [0.4, 0.5) is 0 Å². The van der Waals surface area contributed by atoms with Gasteiger partial charge in [-0.1, -0.05) is 23.7 Å². The summed E-state index contributed by atoms with van der Waals surface area (Å²) in [6, 6.07) is 9.49. The highest BCUT2D eigenvalue weighted by Gasteiger charge is 2.20. The lowest BCUT2D eigenvalue weighted by atomic mass is 9.97. The topological polar surface area (TPSA) is 101 Å². The average molecular weight is 476 g/mol. The van der Waals surface area contributed by atoms with Crippen molar-refractivity contribution in [3.8, 4) is 11.1 Å². The number of hydrogen-bond donors (Lipinski definition) is 2. The van der Waals surface area contributed by atoms with E-state index in [1.807, 2.05) is 44.2 Å². The molecule has 172 valence electrons. The zero-order chi connectivity index (χ0) is 23.8. The van der Waals surface area contributed by atoms with E-state index < -0.39 is 5.63 Å². The molecule has 0 aliphatic carbocycles. The number of benzene rings is 2. The molecule has 0 saturated carbocycles. The third-order valence-electron chi connectivity index (χ3n) is 6.11. The van der Waals surface area contributed by atoms with Crippen LogP contribution < -0.4 is 10.9 Å². The molecule has 8 heteroatoms. The van der Waals surface area contributed by atoms with Gasteiger partial charge in [-0.2, -0.15) is 0 Å². The van der Waals surface area contributed by atoms with E-state index in [9.17, 15) is 9.59 Å². The molecule has 7 nitrogen and oxygen atoms in total. The SMILES string of the molecule is Cc1c(CC(=O)NCCc2cnc[nH]2)c(=O)oc2c(C)c3occ(-c4ccc(Cl)cc4)c3cc12. The van der Waals surface area contributed by atoms with Crippen molar-refractivity contribution >= 4 is 39.4 Å². The van der Waals surface area contributed by atoms with Crippen LogP contribution in [0.2, 0.25) is 5.02 Å². The van der Waals surface area contributed by atoms with Crippen molar-refractivity contribution in [2.75, 3.05) is 6.54 Å². The fourth-order valence-corrected chi connectivity index (χ4v) is 4.36. The molecule has 0 bridgehead atoms. The monoisotopic (exact) mass is 475 g/mol. The molecular weight excluding hydrogens is 454 g/mol. The van der Waals surface area contributed by atoms with E-state index in [1.165, 1.54) is 0 Å². The van der Waals surface area contributed by atoms with Crippen LogP contribution in [0.15, 0.2) is 62.7 Å². The number of halogens is 1. The van der Waals surface area contributed by atoms with Gasteiger partial charge in [0.15, 0.2) is 0 Å². The number of H-pyrrole nitrogens is 1. The van der Waals surface area contributed by atoms with Crippen LogP contribution in [0, 0.1) is 13.8 Å². The second kappa shape index (κ2) is 8.83. The van der Waals surface area contributed by atoms with E-state index in [0.717, 1.165) is 38.7 Å². The Morgan fingerprint density at radius 2 is 1.91 bits per heavy atom. The van der Waals surface area contributed by atoms with Crippen molar-refractivity contribution < 1.29 is 13.6 Å². The molecule has 2 N–H and O–H groups in total. The summed E-state index contributed by atoms with van der Waals surface area (Å²) in [5.74, 6) is -0.239. The number of nitrogens with zero attached hydrogens (tertiary/aromatic N) is 1. The van der Waals surface area contributed by atoms with Gasteiger partial charge in [0.1, 0.15) is 11.2 Å². The van der Waals surface area contributed by atoms with Gasteiger partial charge in [-0.25, -0.2) is 9.78 Å². The minimum absolute atomic E-state index is 0.0560. The maximum Gasteiger partial charge on any atom is 0.340 e. The molecule has 5 rings (SSSR count). The summed E-state index contributed by atoms with van der Waals surface area (Å²) in [6.07, 6.45) is 5.58. The zero-order valence-electron chi connectivity index (χ0n) is 18.7. The molecule has 3 aromatic heterocycles. The Morgan fingerprint density at radius 3 is 2.65 bits per heavy atom.